The van der Waals surface area contributed by atoms with Crippen LogP contribution in [0.15, 0.2) is 24.5 Å². The average Bonchev–Trinajstić information content (AvgIpc) is 2.98. The van der Waals surface area contributed by atoms with Gasteiger partial charge < -0.3 is 4.74 Å². The molecular weight excluding hydrogens is 318 g/mol. The van der Waals surface area contributed by atoms with Crippen molar-refractivity contribution < 1.29 is 19.1 Å². The number of ether oxygens (including phenoxy) is 1. The number of rotatable bonds is 3. The second-order valence-electron chi connectivity index (χ2n) is 4.97. The molecule has 0 aliphatic heterocycles. The van der Waals surface area contributed by atoms with Crippen LogP contribution in [0.25, 0.3) is 0 Å². The summed E-state index contributed by atoms with van der Waals surface area (Å²) in [6.07, 6.45) is 3.30. The number of carbonyl (C=O) groups is 3. The molecular formula is C15H13N3O4S. The Morgan fingerprint density at radius 1 is 1.43 bits per heavy atom. The van der Waals surface area contributed by atoms with Crippen LogP contribution in [0.4, 0.5) is 9.93 Å². The molecule has 0 spiro atoms. The fourth-order valence-electron chi connectivity index (χ4n) is 2.44. The van der Waals surface area contributed by atoms with Crippen LogP contribution in [0.2, 0.25) is 0 Å². The highest BCUT2D eigenvalue weighted by molar-refractivity contribution is 7.17. The molecule has 2 aromatic heterocycles. The lowest BCUT2D eigenvalue weighted by molar-refractivity contribution is 0.0792. The van der Waals surface area contributed by atoms with E-state index < -0.39 is 12.0 Å². The lowest BCUT2D eigenvalue weighted by Gasteiger charge is -2.18. The van der Waals surface area contributed by atoms with Gasteiger partial charge in [-0.05, 0) is 25.0 Å². The van der Waals surface area contributed by atoms with Crippen LogP contribution in [-0.4, -0.2) is 34.7 Å². The van der Waals surface area contributed by atoms with Gasteiger partial charge in [0.15, 0.2) is 16.7 Å². The zero-order valence-electron chi connectivity index (χ0n) is 12.2. The van der Waals surface area contributed by atoms with Gasteiger partial charge in [0.1, 0.15) is 0 Å². The maximum absolute atomic E-state index is 12.6. The molecule has 8 heteroatoms. The average molecular weight is 331 g/mol. The minimum atomic E-state index is -0.724. The van der Waals surface area contributed by atoms with E-state index in [-0.39, 0.29) is 11.6 Å². The van der Waals surface area contributed by atoms with E-state index in [0.29, 0.717) is 34.1 Å². The third-order valence-corrected chi connectivity index (χ3v) is 4.59. The fraction of sp³-hybridized carbons (Fsp3) is 0.267. The molecule has 1 aliphatic rings. The van der Waals surface area contributed by atoms with Gasteiger partial charge in [-0.15, -0.1) is 0 Å². The molecule has 0 radical (unpaired) electrons. The zero-order chi connectivity index (χ0) is 16.4. The Labute approximate surface area is 135 Å². The molecule has 1 aliphatic carbocycles. The van der Waals surface area contributed by atoms with Crippen LogP contribution in [0.3, 0.4) is 0 Å². The predicted octanol–water partition coefficient (Wildman–Crippen LogP) is 2.34. The van der Waals surface area contributed by atoms with E-state index in [0.717, 1.165) is 11.3 Å². The fourth-order valence-corrected chi connectivity index (χ4v) is 3.43. The number of hydrogen-bond acceptors (Lipinski definition) is 7. The number of aromatic nitrogens is 2. The smallest absolute Gasteiger partial charge is 0.413 e. The van der Waals surface area contributed by atoms with E-state index in [1.165, 1.54) is 13.3 Å². The first-order valence-electron chi connectivity index (χ1n) is 6.93. The van der Waals surface area contributed by atoms with Crippen LogP contribution >= 0.6 is 11.3 Å². The molecule has 118 valence electrons. The first-order valence-corrected chi connectivity index (χ1v) is 7.75. The van der Waals surface area contributed by atoms with Gasteiger partial charge >= 0.3 is 6.09 Å². The third kappa shape index (κ3) is 2.98. The topological polar surface area (TPSA) is 98.2 Å². The highest BCUT2D eigenvalue weighted by atomic mass is 32.1. The van der Waals surface area contributed by atoms with E-state index in [1.807, 2.05) is 0 Å². The molecule has 1 amide bonds. The Morgan fingerprint density at radius 2 is 2.26 bits per heavy atom. The summed E-state index contributed by atoms with van der Waals surface area (Å²) >= 11 is 1.06. The molecule has 23 heavy (non-hydrogen) atoms. The molecule has 0 saturated heterocycles. The molecule has 0 aromatic carbocycles. The standard InChI is InChI=1S/C15H13N3O4S/c1-22-15(21)18-14-17-10-5-4-9(12(20)13(10)23-14)11(19)8-3-2-6-16-7-8/h2-3,6-7,9H,4-5H2,1H3,(H,17,18,21). The summed E-state index contributed by atoms with van der Waals surface area (Å²) in [5, 5.41) is 2.74. The van der Waals surface area contributed by atoms with Crippen LogP contribution in [-0.2, 0) is 11.2 Å². The Morgan fingerprint density at radius 3 is 2.96 bits per heavy atom. The monoisotopic (exact) mass is 331 g/mol. The van der Waals surface area contributed by atoms with Crippen molar-refractivity contribution >= 4 is 34.1 Å². The number of nitrogens with one attached hydrogen (secondary N) is 1. The van der Waals surface area contributed by atoms with Gasteiger partial charge in [0, 0.05) is 18.0 Å². The summed E-state index contributed by atoms with van der Waals surface area (Å²) in [4.78, 5) is 44.8. The van der Waals surface area contributed by atoms with Crippen LogP contribution < -0.4 is 5.32 Å². The first-order chi connectivity index (χ1) is 11.1. The van der Waals surface area contributed by atoms with Crippen molar-refractivity contribution in [3.05, 3.63) is 40.7 Å². The second-order valence-corrected chi connectivity index (χ2v) is 5.97. The normalized spacial score (nSPS) is 16.6. The van der Waals surface area contributed by atoms with Gasteiger partial charge in [-0.3, -0.25) is 19.9 Å². The zero-order valence-corrected chi connectivity index (χ0v) is 13.1. The van der Waals surface area contributed by atoms with Gasteiger partial charge in [-0.1, -0.05) is 11.3 Å². The van der Waals surface area contributed by atoms with Crippen molar-refractivity contribution in [2.24, 2.45) is 5.92 Å². The van der Waals surface area contributed by atoms with Crippen molar-refractivity contribution in [1.82, 2.24) is 9.97 Å². The number of methoxy groups -OCH3 is 1. The molecule has 7 nitrogen and oxygen atoms in total. The van der Waals surface area contributed by atoms with Crippen molar-refractivity contribution in [3.8, 4) is 0 Å². The Balaban J connectivity index is 1.83. The van der Waals surface area contributed by atoms with E-state index in [1.54, 1.807) is 18.3 Å². The number of fused-ring (bicyclic) bond motifs is 1. The number of Topliss-reactive ketones (excluding diaryl/α,β-unsaturated/α-hetero) is 2. The molecule has 3 rings (SSSR count). The number of aryl methyl sites for hydroxylation is 1. The summed E-state index contributed by atoms with van der Waals surface area (Å²) in [7, 11) is 1.25. The minimum absolute atomic E-state index is 0.232. The summed E-state index contributed by atoms with van der Waals surface area (Å²) < 4.78 is 4.50. The number of anilines is 1. The van der Waals surface area contributed by atoms with Gasteiger partial charge in [0.25, 0.3) is 0 Å². The summed E-state index contributed by atoms with van der Waals surface area (Å²) in [5.41, 5.74) is 1.04. The largest absolute Gasteiger partial charge is 0.453 e. The van der Waals surface area contributed by atoms with Crippen LogP contribution in [0.1, 0.15) is 32.1 Å². The van der Waals surface area contributed by atoms with Crippen LogP contribution in [0, 0.1) is 5.92 Å². The Hall–Kier alpha value is -2.61. The Bertz CT molecular complexity index is 772. The van der Waals surface area contributed by atoms with Crippen molar-refractivity contribution in [2.45, 2.75) is 12.8 Å². The Kier molecular flexibility index (Phi) is 4.16. The van der Waals surface area contributed by atoms with Gasteiger partial charge in [-0.25, -0.2) is 9.78 Å². The molecule has 0 fully saturated rings. The molecule has 0 bridgehead atoms. The van der Waals surface area contributed by atoms with Crippen molar-refractivity contribution in [2.75, 3.05) is 12.4 Å². The lowest BCUT2D eigenvalue weighted by Crippen LogP contribution is -2.28. The highest BCUT2D eigenvalue weighted by Crippen LogP contribution is 2.33. The molecule has 2 aromatic rings. The van der Waals surface area contributed by atoms with Gasteiger partial charge in [0.05, 0.1) is 23.6 Å². The van der Waals surface area contributed by atoms with Crippen LogP contribution in [0.5, 0.6) is 0 Å². The van der Waals surface area contributed by atoms with E-state index in [9.17, 15) is 14.4 Å². The predicted molar refractivity (Wildman–Crippen MR) is 82.9 cm³/mol. The molecule has 1 unspecified atom stereocenters. The quantitative estimate of drug-likeness (QED) is 0.685. The van der Waals surface area contributed by atoms with E-state index in [2.05, 4.69) is 20.0 Å². The molecule has 2 heterocycles. The van der Waals surface area contributed by atoms with Gasteiger partial charge in [0.2, 0.25) is 0 Å². The lowest BCUT2D eigenvalue weighted by atomic mass is 9.84. The summed E-state index contributed by atoms with van der Waals surface area (Å²) in [5.74, 6) is -1.21. The number of ketones is 2. The number of pyridine rings is 1. The van der Waals surface area contributed by atoms with E-state index in [4.69, 9.17) is 0 Å². The number of carbonyl (C=O) groups excluding carboxylic acids is 3. The second kappa shape index (κ2) is 6.25. The maximum atomic E-state index is 12.6. The number of amides is 1. The van der Waals surface area contributed by atoms with E-state index >= 15 is 0 Å². The highest BCUT2D eigenvalue weighted by Gasteiger charge is 2.36. The SMILES string of the molecule is COC(=O)Nc1nc2c(s1)C(=O)C(C(=O)c1cccnc1)CC2. The maximum Gasteiger partial charge on any atom is 0.413 e. The van der Waals surface area contributed by atoms with Crippen molar-refractivity contribution in [1.29, 1.82) is 0 Å². The summed E-state index contributed by atoms with van der Waals surface area (Å²) in [6.45, 7) is 0. The molecule has 0 saturated carbocycles. The third-order valence-electron chi connectivity index (χ3n) is 3.56. The molecule has 1 atom stereocenters. The minimum Gasteiger partial charge on any atom is -0.453 e. The summed E-state index contributed by atoms with van der Waals surface area (Å²) in [6, 6.07) is 3.31. The number of nitrogens with zero attached hydrogens (tertiary/aromatic N) is 2. The van der Waals surface area contributed by atoms with Crippen molar-refractivity contribution in [3.63, 3.8) is 0 Å². The number of thiazole rings is 1. The van der Waals surface area contributed by atoms with Gasteiger partial charge in [-0.2, -0.15) is 0 Å². The number of hydrogen-bond donors (Lipinski definition) is 1. The first kappa shape index (κ1) is 15.3. The molecule has 1 N–H and O–H groups in total.